The van der Waals surface area contributed by atoms with Gasteiger partial charge in [0.05, 0.1) is 6.42 Å². The monoisotopic (exact) mass is 181 g/mol. The molecule has 0 radical (unpaired) electrons. The van der Waals surface area contributed by atoms with Crippen LogP contribution in [0.4, 0.5) is 4.39 Å². The number of pyridine rings is 1. The quantitative estimate of drug-likeness (QED) is 0.402. The van der Waals surface area contributed by atoms with Gasteiger partial charge in [-0.25, -0.2) is 4.98 Å². The fraction of sp³-hybridized carbons (Fsp3) is 0.222. The molecule has 0 fully saturated rings. The zero-order valence-electron chi connectivity index (χ0n) is 7.08. The van der Waals surface area contributed by atoms with E-state index in [2.05, 4.69) is 4.98 Å². The molecule has 1 heterocycles. The van der Waals surface area contributed by atoms with Gasteiger partial charge < -0.3 is 0 Å². The average molecular weight is 181 g/mol. The number of hydrogen-bond acceptors (Lipinski definition) is 3. The lowest BCUT2D eigenvalue weighted by molar-refractivity contribution is -0.116. The summed E-state index contributed by atoms with van der Waals surface area (Å²) in [6.07, 6.45) is 0.966. The molecule has 0 aliphatic heterocycles. The predicted octanol–water partition coefficient (Wildman–Crippen LogP) is 1.38. The Hall–Kier alpha value is -1.58. The van der Waals surface area contributed by atoms with Crippen molar-refractivity contribution in [1.82, 2.24) is 4.98 Å². The molecule has 0 bridgehead atoms. The van der Waals surface area contributed by atoms with Crippen molar-refractivity contribution in [2.24, 2.45) is 0 Å². The molecule has 0 unspecified atom stereocenters. The summed E-state index contributed by atoms with van der Waals surface area (Å²) in [5.74, 6) is -1.19. The van der Waals surface area contributed by atoms with E-state index in [1.807, 2.05) is 0 Å². The molecular weight excluding hydrogens is 173 g/mol. The van der Waals surface area contributed by atoms with Crippen LogP contribution >= 0.6 is 0 Å². The fourth-order valence-corrected chi connectivity index (χ4v) is 0.869. The van der Waals surface area contributed by atoms with Gasteiger partial charge in [-0.2, -0.15) is 4.39 Å². The maximum Gasteiger partial charge on any atom is 0.212 e. The Morgan fingerprint density at radius 2 is 2.15 bits per heavy atom. The highest BCUT2D eigenvalue weighted by molar-refractivity contribution is 6.07. The highest BCUT2D eigenvalue weighted by Gasteiger charge is 2.08. The summed E-state index contributed by atoms with van der Waals surface area (Å²) in [6.45, 7) is 1.33. The van der Waals surface area contributed by atoms with Crippen LogP contribution in [0, 0.1) is 5.95 Å². The molecule has 0 aliphatic carbocycles. The molecule has 4 heteroatoms. The Balaban J connectivity index is 2.78. The highest BCUT2D eigenvalue weighted by Crippen LogP contribution is 2.03. The van der Waals surface area contributed by atoms with Crippen LogP contribution in [0.2, 0.25) is 0 Å². The van der Waals surface area contributed by atoms with Crippen molar-refractivity contribution in [2.75, 3.05) is 0 Å². The minimum Gasteiger partial charge on any atom is -0.300 e. The van der Waals surface area contributed by atoms with Crippen LogP contribution in [0.1, 0.15) is 23.7 Å². The van der Waals surface area contributed by atoms with E-state index in [-0.39, 0.29) is 23.6 Å². The predicted molar refractivity (Wildman–Crippen MR) is 43.8 cm³/mol. The summed E-state index contributed by atoms with van der Waals surface area (Å²) in [4.78, 5) is 25.1. The zero-order chi connectivity index (χ0) is 9.84. The van der Waals surface area contributed by atoms with Gasteiger partial charge in [0.1, 0.15) is 5.78 Å². The lowest BCUT2D eigenvalue weighted by atomic mass is 10.1. The number of rotatable bonds is 3. The second-order valence-corrected chi connectivity index (χ2v) is 2.67. The van der Waals surface area contributed by atoms with Gasteiger partial charge in [-0.1, -0.05) is 0 Å². The van der Waals surface area contributed by atoms with Crippen molar-refractivity contribution in [2.45, 2.75) is 13.3 Å². The molecule has 0 aromatic carbocycles. The number of hydrogen-bond donors (Lipinski definition) is 0. The maximum atomic E-state index is 12.3. The van der Waals surface area contributed by atoms with E-state index in [9.17, 15) is 14.0 Å². The van der Waals surface area contributed by atoms with Crippen molar-refractivity contribution >= 4 is 11.6 Å². The van der Waals surface area contributed by atoms with E-state index in [0.717, 1.165) is 12.3 Å². The Bertz CT molecular complexity index is 332. The van der Waals surface area contributed by atoms with Crippen molar-refractivity contribution in [1.29, 1.82) is 0 Å². The van der Waals surface area contributed by atoms with E-state index in [1.54, 1.807) is 0 Å². The third kappa shape index (κ3) is 2.74. The first-order chi connectivity index (χ1) is 6.09. The second-order valence-electron chi connectivity index (χ2n) is 2.67. The van der Waals surface area contributed by atoms with Crippen LogP contribution in [0.5, 0.6) is 0 Å². The first-order valence-corrected chi connectivity index (χ1v) is 3.74. The molecule has 0 spiro atoms. The molecule has 13 heavy (non-hydrogen) atoms. The van der Waals surface area contributed by atoms with E-state index in [0.29, 0.717) is 0 Å². The van der Waals surface area contributed by atoms with Gasteiger partial charge in [0.25, 0.3) is 0 Å². The molecule has 0 N–H and O–H groups in total. The Kier molecular flexibility index (Phi) is 2.84. The van der Waals surface area contributed by atoms with Crippen LogP contribution in [-0.2, 0) is 4.79 Å². The maximum absolute atomic E-state index is 12.3. The van der Waals surface area contributed by atoms with Crippen molar-refractivity contribution < 1.29 is 14.0 Å². The molecule has 0 saturated heterocycles. The molecule has 0 amide bonds. The summed E-state index contributed by atoms with van der Waals surface area (Å²) in [5.41, 5.74) is 0.261. The first-order valence-electron chi connectivity index (χ1n) is 3.74. The Labute approximate surface area is 74.6 Å². The van der Waals surface area contributed by atoms with Gasteiger partial charge >= 0.3 is 0 Å². The third-order valence-electron chi connectivity index (χ3n) is 1.46. The van der Waals surface area contributed by atoms with Crippen LogP contribution in [0.3, 0.4) is 0 Å². The summed E-state index contributed by atoms with van der Waals surface area (Å²) >= 11 is 0. The van der Waals surface area contributed by atoms with Crippen molar-refractivity contribution in [3.8, 4) is 0 Å². The summed E-state index contributed by atoms with van der Waals surface area (Å²) in [6, 6.07) is 2.40. The molecule has 1 aromatic rings. The molecule has 1 aromatic heterocycles. The van der Waals surface area contributed by atoms with Crippen LogP contribution < -0.4 is 0 Å². The smallest absolute Gasteiger partial charge is 0.212 e. The van der Waals surface area contributed by atoms with Crippen molar-refractivity contribution in [3.63, 3.8) is 0 Å². The van der Waals surface area contributed by atoms with Crippen LogP contribution in [0.25, 0.3) is 0 Å². The van der Waals surface area contributed by atoms with Gasteiger partial charge in [-0.3, -0.25) is 9.59 Å². The SMILES string of the molecule is CC(=O)CC(=O)c1ccc(F)nc1. The molecular formula is C9H8FNO2. The molecule has 0 aliphatic rings. The second kappa shape index (κ2) is 3.89. The largest absolute Gasteiger partial charge is 0.300 e. The number of carbonyl (C=O) groups excluding carboxylic acids is 2. The fourth-order valence-electron chi connectivity index (χ4n) is 0.869. The van der Waals surface area contributed by atoms with E-state index in [1.165, 1.54) is 13.0 Å². The first kappa shape index (κ1) is 9.51. The molecule has 3 nitrogen and oxygen atoms in total. The van der Waals surface area contributed by atoms with Gasteiger partial charge in [0.15, 0.2) is 5.78 Å². The summed E-state index contributed by atoms with van der Waals surface area (Å²) < 4.78 is 12.3. The van der Waals surface area contributed by atoms with Gasteiger partial charge in [-0.15, -0.1) is 0 Å². The lowest BCUT2D eigenvalue weighted by Crippen LogP contribution is -2.05. The normalized spacial score (nSPS) is 9.69. The van der Waals surface area contributed by atoms with E-state index in [4.69, 9.17) is 0 Å². The number of Topliss-reactive ketones (excluding diaryl/α,β-unsaturated/α-hetero) is 2. The van der Waals surface area contributed by atoms with E-state index >= 15 is 0 Å². The summed E-state index contributed by atoms with van der Waals surface area (Å²) in [7, 11) is 0. The highest BCUT2D eigenvalue weighted by atomic mass is 19.1. The van der Waals surface area contributed by atoms with Gasteiger partial charge in [0, 0.05) is 11.8 Å². The minimum atomic E-state index is -0.639. The molecule has 0 atom stereocenters. The molecule has 1 rings (SSSR count). The number of aromatic nitrogens is 1. The van der Waals surface area contributed by atoms with Gasteiger partial charge in [0.2, 0.25) is 5.95 Å². The molecule has 68 valence electrons. The Morgan fingerprint density at radius 3 is 2.62 bits per heavy atom. The van der Waals surface area contributed by atoms with Crippen molar-refractivity contribution in [3.05, 3.63) is 29.8 Å². The average Bonchev–Trinajstić information content (AvgIpc) is 2.04. The standard InChI is InChI=1S/C9H8FNO2/c1-6(12)4-8(13)7-2-3-9(10)11-5-7/h2-3,5H,4H2,1H3. The minimum absolute atomic E-state index is 0.159. The number of halogens is 1. The Morgan fingerprint density at radius 1 is 1.46 bits per heavy atom. The number of ketones is 2. The van der Waals surface area contributed by atoms with Gasteiger partial charge in [-0.05, 0) is 19.1 Å². The zero-order valence-corrected chi connectivity index (χ0v) is 7.08. The topological polar surface area (TPSA) is 47.0 Å². The lowest BCUT2D eigenvalue weighted by Gasteiger charge is -1.96. The van der Waals surface area contributed by atoms with Crippen LogP contribution in [-0.4, -0.2) is 16.6 Å². The molecule has 0 saturated carbocycles. The number of carbonyl (C=O) groups is 2. The van der Waals surface area contributed by atoms with E-state index < -0.39 is 5.95 Å². The third-order valence-corrected chi connectivity index (χ3v) is 1.46. The summed E-state index contributed by atoms with van der Waals surface area (Å²) in [5, 5.41) is 0. The number of nitrogens with zero attached hydrogens (tertiary/aromatic N) is 1. The van der Waals surface area contributed by atoms with Crippen LogP contribution in [0.15, 0.2) is 18.3 Å².